The molecule has 0 saturated carbocycles. The van der Waals surface area contributed by atoms with Crippen molar-refractivity contribution < 1.29 is 29.4 Å². The van der Waals surface area contributed by atoms with Crippen molar-refractivity contribution in [2.45, 2.75) is 77.7 Å². The van der Waals surface area contributed by atoms with Crippen molar-refractivity contribution >= 4 is 36.3 Å². The second kappa shape index (κ2) is 13.5. The van der Waals surface area contributed by atoms with Crippen molar-refractivity contribution in [3.05, 3.63) is 0 Å². The van der Waals surface area contributed by atoms with Crippen LogP contribution in [0, 0.1) is 11.8 Å². The summed E-state index contributed by atoms with van der Waals surface area (Å²) in [6.45, 7) is 8.59. The van der Waals surface area contributed by atoms with Crippen LogP contribution >= 0.6 is 12.6 Å². The lowest BCUT2D eigenvalue weighted by molar-refractivity contribution is -0.143. The lowest BCUT2D eigenvalue weighted by atomic mass is 9.99. The summed E-state index contributed by atoms with van der Waals surface area (Å²) in [4.78, 5) is 48.7. The molecule has 0 aromatic rings. The molecule has 174 valence electrons. The summed E-state index contributed by atoms with van der Waals surface area (Å²) in [6, 6.07) is -4.47. The Morgan fingerprint density at radius 1 is 0.933 bits per heavy atom. The molecule has 7 N–H and O–H groups in total. The summed E-state index contributed by atoms with van der Waals surface area (Å²) < 4.78 is 0. The van der Waals surface area contributed by atoms with Gasteiger partial charge in [0.1, 0.15) is 18.1 Å². The van der Waals surface area contributed by atoms with Crippen LogP contribution in [0.4, 0.5) is 0 Å². The Balaban J connectivity index is 5.21. The molecule has 0 aliphatic heterocycles. The summed E-state index contributed by atoms with van der Waals surface area (Å²) in [5, 5.41) is 26.4. The number of carbonyl (C=O) groups excluding carboxylic acids is 3. The van der Waals surface area contributed by atoms with Crippen LogP contribution in [0.25, 0.3) is 0 Å². The first kappa shape index (κ1) is 28.1. The van der Waals surface area contributed by atoms with Crippen LogP contribution in [0.5, 0.6) is 0 Å². The molecule has 0 aromatic heterocycles. The van der Waals surface area contributed by atoms with Crippen LogP contribution in [-0.2, 0) is 19.2 Å². The van der Waals surface area contributed by atoms with E-state index in [-0.39, 0.29) is 24.0 Å². The number of hydrogen-bond acceptors (Lipinski definition) is 7. The first-order valence-electron chi connectivity index (χ1n) is 10.0. The predicted octanol–water partition coefficient (Wildman–Crippen LogP) is -0.744. The molecule has 0 aliphatic carbocycles. The number of aliphatic hydroxyl groups excluding tert-OH is 1. The number of carboxylic acids is 1. The average molecular weight is 449 g/mol. The summed E-state index contributed by atoms with van der Waals surface area (Å²) in [6.07, 6.45) is -0.441. The Kier molecular flexibility index (Phi) is 12.6. The molecule has 0 spiro atoms. The Morgan fingerprint density at radius 2 is 1.47 bits per heavy atom. The van der Waals surface area contributed by atoms with Crippen molar-refractivity contribution in [2.24, 2.45) is 17.6 Å². The summed E-state index contributed by atoms with van der Waals surface area (Å²) in [7, 11) is 0. The average Bonchev–Trinajstić information content (AvgIpc) is 2.66. The number of aliphatic hydroxyl groups is 1. The number of nitrogens with one attached hydrogen (secondary N) is 3. The lowest BCUT2D eigenvalue weighted by Crippen LogP contribution is -2.60. The van der Waals surface area contributed by atoms with Gasteiger partial charge in [-0.15, -0.1) is 0 Å². The lowest BCUT2D eigenvalue weighted by Gasteiger charge is -2.26. The van der Waals surface area contributed by atoms with E-state index >= 15 is 0 Å². The van der Waals surface area contributed by atoms with Crippen LogP contribution in [0.3, 0.4) is 0 Å². The van der Waals surface area contributed by atoms with Gasteiger partial charge in [-0.3, -0.25) is 14.4 Å². The Morgan fingerprint density at radius 3 is 1.87 bits per heavy atom. The molecule has 0 radical (unpaired) electrons. The molecule has 0 saturated heterocycles. The van der Waals surface area contributed by atoms with Gasteiger partial charge < -0.3 is 31.9 Å². The van der Waals surface area contributed by atoms with Crippen molar-refractivity contribution in [2.75, 3.05) is 5.75 Å². The molecule has 3 amide bonds. The molecular weight excluding hydrogens is 412 g/mol. The van der Waals surface area contributed by atoms with Gasteiger partial charge in [0.25, 0.3) is 0 Å². The van der Waals surface area contributed by atoms with Gasteiger partial charge in [-0.25, -0.2) is 4.79 Å². The van der Waals surface area contributed by atoms with E-state index in [0.29, 0.717) is 6.42 Å². The molecule has 30 heavy (non-hydrogen) atoms. The maximum absolute atomic E-state index is 12.6. The third kappa shape index (κ3) is 9.31. The van der Waals surface area contributed by atoms with E-state index in [1.807, 2.05) is 13.8 Å². The predicted molar refractivity (Wildman–Crippen MR) is 116 cm³/mol. The van der Waals surface area contributed by atoms with E-state index in [2.05, 4.69) is 28.6 Å². The van der Waals surface area contributed by atoms with Crippen molar-refractivity contribution in [1.29, 1.82) is 0 Å². The second-order valence-corrected chi connectivity index (χ2v) is 8.28. The highest BCUT2D eigenvalue weighted by Crippen LogP contribution is 2.07. The normalized spacial score (nSPS) is 17.2. The molecule has 6 unspecified atom stereocenters. The van der Waals surface area contributed by atoms with E-state index in [1.54, 1.807) is 13.8 Å². The highest BCUT2D eigenvalue weighted by Gasteiger charge is 2.32. The van der Waals surface area contributed by atoms with Crippen LogP contribution in [0.15, 0.2) is 0 Å². The van der Waals surface area contributed by atoms with Gasteiger partial charge in [0.15, 0.2) is 0 Å². The molecule has 11 heteroatoms. The molecule has 0 aliphatic rings. The fourth-order valence-corrected chi connectivity index (χ4v) is 2.84. The first-order valence-corrected chi connectivity index (χ1v) is 10.7. The van der Waals surface area contributed by atoms with E-state index in [9.17, 15) is 29.4 Å². The largest absolute Gasteiger partial charge is 0.480 e. The zero-order valence-corrected chi connectivity index (χ0v) is 19.1. The molecule has 6 atom stereocenters. The highest BCUT2D eigenvalue weighted by atomic mass is 32.1. The molecule has 0 fully saturated rings. The summed E-state index contributed by atoms with van der Waals surface area (Å²) >= 11 is 4.06. The monoisotopic (exact) mass is 448 g/mol. The Bertz CT molecular complexity index is 602. The topological polar surface area (TPSA) is 171 Å². The van der Waals surface area contributed by atoms with Gasteiger partial charge in [0.2, 0.25) is 17.7 Å². The van der Waals surface area contributed by atoms with Crippen LogP contribution in [-0.4, -0.2) is 69.9 Å². The van der Waals surface area contributed by atoms with Gasteiger partial charge in [-0.1, -0.05) is 34.1 Å². The van der Waals surface area contributed by atoms with E-state index in [1.165, 1.54) is 6.92 Å². The molecule has 0 aromatic carbocycles. The van der Waals surface area contributed by atoms with Crippen LogP contribution in [0.2, 0.25) is 0 Å². The number of aliphatic carboxylic acids is 1. The fraction of sp³-hybridized carbons (Fsp3) is 0.789. The van der Waals surface area contributed by atoms with E-state index < -0.39 is 54.0 Å². The molecule has 0 bridgehead atoms. The van der Waals surface area contributed by atoms with Crippen molar-refractivity contribution in [1.82, 2.24) is 16.0 Å². The SMILES string of the molecule is CCC(C)C(N)C(=O)NC(CS)C(=O)NC(C(=O)NC(CC(C)C)C(=O)O)C(C)O. The first-order chi connectivity index (χ1) is 13.8. The smallest absolute Gasteiger partial charge is 0.326 e. The fourth-order valence-electron chi connectivity index (χ4n) is 2.59. The van der Waals surface area contributed by atoms with Crippen molar-refractivity contribution in [3.63, 3.8) is 0 Å². The third-order valence-electron chi connectivity index (χ3n) is 4.76. The number of thiol groups is 1. The molecule has 0 heterocycles. The minimum absolute atomic E-state index is 0.00415. The number of carboxylic acid groups (broad SMARTS) is 1. The highest BCUT2D eigenvalue weighted by molar-refractivity contribution is 7.80. The minimum Gasteiger partial charge on any atom is -0.480 e. The Hall–Kier alpha value is -1.85. The second-order valence-electron chi connectivity index (χ2n) is 7.91. The zero-order chi connectivity index (χ0) is 23.6. The maximum Gasteiger partial charge on any atom is 0.326 e. The van der Waals surface area contributed by atoms with Gasteiger partial charge in [0, 0.05) is 5.75 Å². The van der Waals surface area contributed by atoms with Crippen molar-refractivity contribution in [3.8, 4) is 0 Å². The minimum atomic E-state index is -1.41. The van der Waals surface area contributed by atoms with E-state index in [4.69, 9.17) is 5.73 Å². The molecule has 0 rings (SSSR count). The molecular formula is C19H36N4O6S. The standard InChI is InChI=1S/C19H36N4O6S/c1-6-10(4)14(20)17(26)22-13(8-30)16(25)23-15(11(5)24)18(27)21-12(19(28)29)7-9(2)3/h9-15,24,30H,6-8,20H2,1-5H3,(H,21,27)(H,22,26)(H,23,25)(H,28,29). The maximum atomic E-state index is 12.6. The Labute approximate surface area is 183 Å². The summed E-state index contributed by atoms with van der Waals surface area (Å²) in [5.41, 5.74) is 5.87. The number of nitrogens with two attached hydrogens (primary N) is 1. The van der Waals surface area contributed by atoms with Crippen LogP contribution < -0.4 is 21.7 Å². The van der Waals surface area contributed by atoms with Gasteiger partial charge >= 0.3 is 5.97 Å². The number of amides is 3. The zero-order valence-electron chi connectivity index (χ0n) is 18.2. The molecule has 10 nitrogen and oxygen atoms in total. The van der Waals surface area contributed by atoms with Crippen LogP contribution in [0.1, 0.15) is 47.5 Å². The number of carbonyl (C=O) groups is 4. The summed E-state index contributed by atoms with van der Waals surface area (Å²) in [5.74, 6) is -3.49. The number of rotatable bonds is 13. The van der Waals surface area contributed by atoms with Gasteiger partial charge in [-0.2, -0.15) is 12.6 Å². The quantitative estimate of drug-likeness (QED) is 0.182. The van der Waals surface area contributed by atoms with Gasteiger partial charge in [-0.05, 0) is 25.2 Å². The third-order valence-corrected chi connectivity index (χ3v) is 5.12. The van der Waals surface area contributed by atoms with Gasteiger partial charge in [0.05, 0.1) is 12.1 Å². The van der Waals surface area contributed by atoms with E-state index in [0.717, 1.165) is 0 Å². The number of hydrogen-bond donors (Lipinski definition) is 7.